The van der Waals surface area contributed by atoms with Gasteiger partial charge in [-0.1, -0.05) is 23.9 Å². The van der Waals surface area contributed by atoms with Crippen LogP contribution < -0.4 is 5.56 Å². The Labute approximate surface area is 162 Å². The van der Waals surface area contributed by atoms with Gasteiger partial charge in [0, 0.05) is 4.88 Å². The topological polar surface area (TPSA) is 87.3 Å². The van der Waals surface area contributed by atoms with E-state index in [1.807, 2.05) is 20.8 Å². The van der Waals surface area contributed by atoms with Gasteiger partial charge in [0.15, 0.2) is 5.82 Å². The van der Waals surface area contributed by atoms with Crippen LogP contribution >= 0.6 is 23.1 Å². The summed E-state index contributed by atoms with van der Waals surface area (Å²) in [7, 11) is 0. The van der Waals surface area contributed by atoms with Gasteiger partial charge in [-0.2, -0.15) is 0 Å². The average Bonchev–Trinajstić information content (AvgIpc) is 3.20. The number of hydrogen-bond acceptors (Lipinski definition) is 6. The predicted octanol–water partition coefficient (Wildman–Crippen LogP) is 4.38. The number of aromatic amines is 2. The Morgan fingerprint density at radius 3 is 2.78 bits per heavy atom. The molecule has 1 atom stereocenters. The molecule has 0 aliphatic rings. The van der Waals surface area contributed by atoms with E-state index in [1.54, 1.807) is 18.2 Å². The Bertz CT molecular complexity index is 1200. The molecule has 0 spiro atoms. The fourth-order valence-corrected chi connectivity index (χ4v) is 4.57. The fraction of sp³-hybridized carbons (Fsp3) is 0.222. The van der Waals surface area contributed by atoms with E-state index < -0.39 is 0 Å². The number of thioether (sulfide) groups is 1. The van der Waals surface area contributed by atoms with E-state index in [-0.39, 0.29) is 16.6 Å². The zero-order valence-corrected chi connectivity index (χ0v) is 16.5. The van der Waals surface area contributed by atoms with Gasteiger partial charge in [0.25, 0.3) is 5.56 Å². The normalized spacial score (nSPS) is 12.6. The maximum atomic E-state index is 13.9. The summed E-state index contributed by atoms with van der Waals surface area (Å²) in [5.74, 6) is 0.568. The maximum Gasteiger partial charge on any atom is 0.259 e. The van der Waals surface area contributed by atoms with Crippen LogP contribution in [0.4, 0.5) is 4.39 Å². The van der Waals surface area contributed by atoms with Crippen LogP contribution in [0.25, 0.3) is 21.6 Å². The molecule has 0 bridgehead atoms. The lowest BCUT2D eigenvalue weighted by Gasteiger charge is -2.07. The van der Waals surface area contributed by atoms with Crippen molar-refractivity contribution in [2.75, 3.05) is 0 Å². The van der Waals surface area contributed by atoms with Gasteiger partial charge in [0.2, 0.25) is 5.16 Å². The van der Waals surface area contributed by atoms with Crippen molar-refractivity contribution >= 4 is 33.3 Å². The first-order valence-corrected chi connectivity index (χ1v) is 9.97. The van der Waals surface area contributed by atoms with Gasteiger partial charge in [-0.05, 0) is 38.5 Å². The summed E-state index contributed by atoms with van der Waals surface area (Å²) in [6.07, 6.45) is 0. The summed E-state index contributed by atoms with van der Waals surface area (Å²) in [5, 5.41) is 7.84. The van der Waals surface area contributed by atoms with Gasteiger partial charge < -0.3 is 4.98 Å². The summed E-state index contributed by atoms with van der Waals surface area (Å²) >= 11 is 2.86. The van der Waals surface area contributed by atoms with Gasteiger partial charge in [0.1, 0.15) is 16.5 Å². The number of fused-ring (bicyclic) bond motifs is 1. The van der Waals surface area contributed by atoms with E-state index in [0.717, 1.165) is 15.3 Å². The van der Waals surface area contributed by atoms with E-state index in [9.17, 15) is 9.18 Å². The standard InChI is InChI=1S/C18H16FN5OS2/c1-8-9(2)26-17-13(8)16(25)20-14(21-17)10(3)27-18-22-15(23-24-18)11-6-4-5-7-12(11)19/h4-7,10H,1-3H3,(H,20,21,25)(H,22,23,24)/t10-/m0/s1. The van der Waals surface area contributed by atoms with Crippen LogP contribution in [-0.4, -0.2) is 25.1 Å². The van der Waals surface area contributed by atoms with E-state index in [4.69, 9.17) is 0 Å². The summed E-state index contributed by atoms with van der Waals surface area (Å²) in [6.45, 7) is 5.83. The van der Waals surface area contributed by atoms with Crippen molar-refractivity contribution in [2.45, 2.75) is 31.2 Å². The highest BCUT2D eigenvalue weighted by atomic mass is 32.2. The monoisotopic (exact) mass is 401 g/mol. The highest BCUT2D eigenvalue weighted by molar-refractivity contribution is 7.99. The first kappa shape index (κ1) is 17.9. The SMILES string of the molecule is Cc1sc2nc([C@H](C)Sc3n[nH]c(-c4ccccc4F)n3)[nH]c(=O)c2c1C. The molecule has 1 aromatic carbocycles. The third-order valence-corrected chi connectivity index (χ3v) is 6.39. The Kier molecular flexibility index (Phi) is 4.56. The van der Waals surface area contributed by atoms with Crippen molar-refractivity contribution in [2.24, 2.45) is 0 Å². The molecule has 0 fully saturated rings. The number of nitrogens with one attached hydrogen (secondary N) is 2. The molecule has 4 aromatic rings. The van der Waals surface area contributed by atoms with Gasteiger partial charge in [-0.3, -0.25) is 9.89 Å². The number of halogens is 1. The minimum Gasteiger partial charge on any atom is -0.309 e. The molecule has 0 radical (unpaired) electrons. The molecule has 0 aliphatic carbocycles. The quantitative estimate of drug-likeness (QED) is 0.496. The van der Waals surface area contributed by atoms with Gasteiger partial charge in [-0.25, -0.2) is 14.4 Å². The highest BCUT2D eigenvalue weighted by Crippen LogP contribution is 2.33. The van der Waals surface area contributed by atoms with Crippen LogP contribution in [0.5, 0.6) is 0 Å². The number of thiophene rings is 1. The van der Waals surface area contributed by atoms with Crippen LogP contribution in [0.1, 0.15) is 28.4 Å². The van der Waals surface area contributed by atoms with Crippen molar-refractivity contribution in [1.82, 2.24) is 25.1 Å². The van der Waals surface area contributed by atoms with E-state index >= 15 is 0 Å². The lowest BCUT2D eigenvalue weighted by molar-refractivity contribution is 0.630. The molecule has 0 aliphatic heterocycles. The van der Waals surface area contributed by atoms with E-state index in [0.29, 0.717) is 27.8 Å². The van der Waals surface area contributed by atoms with Crippen LogP contribution in [-0.2, 0) is 0 Å². The number of benzene rings is 1. The number of rotatable bonds is 4. The molecule has 0 saturated heterocycles. The Morgan fingerprint density at radius 2 is 2.00 bits per heavy atom. The van der Waals surface area contributed by atoms with E-state index in [1.165, 1.54) is 29.2 Å². The van der Waals surface area contributed by atoms with Crippen molar-refractivity contribution < 1.29 is 4.39 Å². The Balaban J connectivity index is 1.62. The highest BCUT2D eigenvalue weighted by Gasteiger charge is 2.18. The first-order valence-electron chi connectivity index (χ1n) is 8.28. The van der Waals surface area contributed by atoms with Crippen LogP contribution in [0.15, 0.2) is 34.2 Å². The molecule has 9 heteroatoms. The third kappa shape index (κ3) is 3.28. The van der Waals surface area contributed by atoms with Gasteiger partial charge in [-0.15, -0.1) is 16.4 Å². The molecule has 138 valence electrons. The second-order valence-corrected chi connectivity index (χ2v) is 8.63. The molecule has 4 rings (SSSR count). The molecule has 0 unspecified atom stereocenters. The largest absolute Gasteiger partial charge is 0.309 e. The third-order valence-electron chi connectivity index (χ3n) is 4.32. The molecule has 0 saturated carbocycles. The first-order chi connectivity index (χ1) is 12.9. The lowest BCUT2D eigenvalue weighted by Crippen LogP contribution is -2.12. The van der Waals surface area contributed by atoms with Crippen molar-refractivity contribution in [3.63, 3.8) is 0 Å². The summed E-state index contributed by atoms with van der Waals surface area (Å²) in [4.78, 5) is 26.1. The lowest BCUT2D eigenvalue weighted by atomic mass is 10.2. The van der Waals surface area contributed by atoms with Crippen LogP contribution in [0.3, 0.4) is 0 Å². The Hall–Kier alpha value is -2.52. The number of aromatic nitrogens is 5. The Morgan fingerprint density at radius 1 is 1.22 bits per heavy atom. The molecular weight excluding hydrogens is 385 g/mol. The number of hydrogen-bond donors (Lipinski definition) is 2. The predicted molar refractivity (Wildman–Crippen MR) is 106 cm³/mol. The molecule has 6 nitrogen and oxygen atoms in total. The summed E-state index contributed by atoms with van der Waals surface area (Å²) in [5.41, 5.74) is 1.20. The van der Waals surface area contributed by atoms with Crippen molar-refractivity contribution in [3.05, 3.63) is 56.7 Å². The molecular formula is C18H16FN5OS2. The van der Waals surface area contributed by atoms with Gasteiger partial charge >= 0.3 is 0 Å². The zero-order chi connectivity index (χ0) is 19.1. The van der Waals surface area contributed by atoms with E-state index in [2.05, 4.69) is 25.1 Å². The summed E-state index contributed by atoms with van der Waals surface area (Å²) < 4.78 is 13.9. The molecule has 3 heterocycles. The smallest absolute Gasteiger partial charge is 0.259 e. The minimum atomic E-state index is -0.363. The minimum absolute atomic E-state index is 0.133. The molecule has 0 amide bonds. The average molecular weight is 401 g/mol. The second kappa shape index (κ2) is 6.90. The second-order valence-electron chi connectivity index (χ2n) is 6.12. The number of nitrogens with zero attached hydrogens (tertiary/aromatic N) is 3. The molecule has 2 N–H and O–H groups in total. The fourth-order valence-electron chi connectivity index (χ4n) is 2.75. The molecule has 27 heavy (non-hydrogen) atoms. The van der Waals surface area contributed by atoms with Gasteiger partial charge in [0.05, 0.1) is 16.2 Å². The summed E-state index contributed by atoms with van der Waals surface area (Å²) in [6, 6.07) is 6.38. The molecule has 3 aromatic heterocycles. The zero-order valence-electron chi connectivity index (χ0n) is 14.8. The number of aryl methyl sites for hydroxylation is 2. The van der Waals surface area contributed by atoms with Crippen molar-refractivity contribution in [3.8, 4) is 11.4 Å². The maximum absolute atomic E-state index is 13.9. The number of H-pyrrole nitrogens is 2. The van der Waals surface area contributed by atoms with Crippen LogP contribution in [0, 0.1) is 19.7 Å². The van der Waals surface area contributed by atoms with Crippen LogP contribution in [0.2, 0.25) is 0 Å². The van der Waals surface area contributed by atoms with Crippen molar-refractivity contribution in [1.29, 1.82) is 0 Å².